The maximum atomic E-state index is 11.0. The van der Waals surface area contributed by atoms with Crippen LogP contribution in [-0.2, 0) is 11.3 Å². The number of hydrogen-bond acceptors (Lipinski definition) is 4. The summed E-state index contributed by atoms with van der Waals surface area (Å²) in [5.74, 6) is -1.12. The van der Waals surface area contributed by atoms with Crippen molar-refractivity contribution < 1.29 is 14.6 Å². The fourth-order valence-corrected chi connectivity index (χ4v) is 1.94. The van der Waals surface area contributed by atoms with Crippen molar-refractivity contribution in [2.24, 2.45) is 0 Å². The Hall–Kier alpha value is -2.97. The van der Waals surface area contributed by atoms with Crippen LogP contribution >= 0.6 is 0 Å². The standard InChI is InChI=1S/C17H14N2O3/c1-22-11-13-4-2-3-12(9-13)5-7-15-14(10-18)6-8-16(19-15)17(20)21/h2-9H,11H2,1H3,(H,20,21)/b7-5+. The zero-order valence-corrected chi connectivity index (χ0v) is 12.0. The third-order valence-electron chi connectivity index (χ3n) is 2.96. The van der Waals surface area contributed by atoms with E-state index in [-0.39, 0.29) is 5.69 Å². The van der Waals surface area contributed by atoms with Crippen molar-refractivity contribution in [2.45, 2.75) is 6.61 Å². The average molecular weight is 294 g/mol. The minimum Gasteiger partial charge on any atom is -0.477 e. The molecule has 1 heterocycles. The summed E-state index contributed by atoms with van der Waals surface area (Å²) in [5, 5.41) is 18.0. The summed E-state index contributed by atoms with van der Waals surface area (Å²) in [7, 11) is 1.63. The molecule has 0 radical (unpaired) electrons. The molecular weight excluding hydrogens is 280 g/mol. The number of ether oxygens (including phenoxy) is 1. The van der Waals surface area contributed by atoms with E-state index in [2.05, 4.69) is 4.98 Å². The van der Waals surface area contributed by atoms with Gasteiger partial charge in [0.2, 0.25) is 0 Å². The molecule has 0 saturated carbocycles. The van der Waals surface area contributed by atoms with Crippen molar-refractivity contribution >= 4 is 18.1 Å². The fourth-order valence-electron chi connectivity index (χ4n) is 1.94. The van der Waals surface area contributed by atoms with Gasteiger partial charge in [-0.3, -0.25) is 0 Å². The van der Waals surface area contributed by atoms with Gasteiger partial charge in [0.15, 0.2) is 0 Å². The lowest BCUT2D eigenvalue weighted by atomic mass is 10.1. The molecule has 2 aromatic rings. The van der Waals surface area contributed by atoms with E-state index >= 15 is 0 Å². The van der Waals surface area contributed by atoms with Gasteiger partial charge in [-0.15, -0.1) is 0 Å². The van der Waals surface area contributed by atoms with E-state index < -0.39 is 5.97 Å². The predicted octanol–water partition coefficient (Wildman–Crippen LogP) is 2.97. The maximum absolute atomic E-state index is 11.0. The van der Waals surface area contributed by atoms with E-state index in [4.69, 9.17) is 15.1 Å². The van der Waals surface area contributed by atoms with Crippen molar-refractivity contribution in [1.29, 1.82) is 5.26 Å². The molecular formula is C17H14N2O3. The number of nitriles is 1. The molecule has 5 heteroatoms. The second-order valence-corrected chi connectivity index (χ2v) is 4.56. The van der Waals surface area contributed by atoms with E-state index in [9.17, 15) is 4.79 Å². The summed E-state index contributed by atoms with van der Waals surface area (Å²) in [6.07, 6.45) is 3.42. The Balaban J connectivity index is 2.33. The highest BCUT2D eigenvalue weighted by atomic mass is 16.5. The molecule has 0 amide bonds. The molecule has 2 rings (SSSR count). The van der Waals surface area contributed by atoms with Crippen LogP contribution in [0.4, 0.5) is 0 Å². The molecule has 0 fully saturated rings. The van der Waals surface area contributed by atoms with Gasteiger partial charge in [0.1, 0.15) is 11.8 Å². The monoisotopic (exact) mass is 294 g/mol. The first-order chi connectivity index (χ1) is 10.6. The second kappa shape index (κ2) is 7.16. The highest BCUT2D eigenvalue weighted by molar-refractivity contribution is 5.86. The van der Waals surface area contributed by atoms with Gasteiger partial charge >= 0.3 is 5.97 Å². The van der Waals surface area contributed by atoms with Crippen LogP contribution in [0.25, 0.3) is 12.2 Å². The lowest BCUT2D eigenvalue weighted by Crippen LogP contribution is -2.02. The zero-order chi connectivity index (χ0) is 15.9. The molecule has 0 atom stereocenters. The molecule has 110 valence electrons. The number of pyridine rings is 1. The van der Waals surface area contributed by atoms with E-state index in [0.29, 0.717) is 17.9 Å². The van der Waals surface area contributed by atoms with E-state index in [1.807, 2.05) is 30.3 Å². The SMILES string of the molecule is COCc1cccc(/C=C/c2nc(C(=O)O)ccc2C#N)c1. The highest BCUT2D eigenvalue weighted by Crippen LogP contribution is 2.13. The Morgan fingerprint density at radius 2 is 2.18 bits per heavy atom. The molecule has 0 bridgehead atoms. The molecule has 22 heavy (non-hydrogen) atoms. The largest absolute Gasteiger partial charge is 0.477 e. The van der Waals surface area contributed by atoms with Crippen molar-refractivity contribution in [3.05, 3.63) is 64.5 Å². The van der Waals surface area contributed by atoms with Gasteiger partial charge < -0.3 is 9.84 Å². The number of rotatable bonds is 5. The molecule has 1 aromatic heterocycles. The summed E-state index contributed by atoms with van der Waals surface area (Å²) in [6.45, 7) is 0.512. The van der Waals surface area contributed by atoms with E-state index in [0.717, 1.165) is 11.1 Å². The van der Waals surface area contributed by atoms with Gasteiger partial charge in [0.25, 0.3) is 0 Å². The smallest absolute Gasteiger partial charge is 0.354 e. The van der Waals surface area contributed by atoms with Crippen LogP contribution in [0.3, 0.4) is 0 Å². The first-order valence-corrected chi connectivity index (χ1v) is 6.54. The Morgan fingerprint density at radius 1 is 1.36 bits per heavy atom. The van der Waals surface area contributed by atoms with Gasteiger partial charge in [0, 0.05) is 7.11 Å². The highest BCUT2D eigenvalue weighted by Gasteiger charge is 2.08. The molecule has 0 aliphatic rings. The molecule has 1 N–H and O–H groups in total. The fraction of sp³-hybridized carbons (Fsp3) is 0.118. The normalized spacial score (nSPS) is 10.5. The minimum atomic E-state index is -1.12. The van der Waals surface area contributed by atoms with Crippen LogP contribution in [0.1, 0.15) is 32.9 Å². The zero-order valence-electron chi connectivity index (χ0n) is 12.0. The number of aromatic carboxylic acids is 1. The van der Waals surface area contributed by atoms with Crippen LogP contribution in [-0.4, -0.2) is 23.2 Å². The molecule has 1 aromatic carbocycles. The molecule has 0 aliphatic heterocycles. The van der Waals surface area contributed by atoms with Crippen LogP contribution in [0.2, 0.25) is 0 Å². The first kappa shape index (κ1) is 15.4. The lowest BCUT2D eigenvalue weighted by Gasteiger charge is -2.02. The third-order valence-corrected chi connectivity index (χ3v) is 2.96. The molecule has 0 spiro atoms. The van der Waals surface area contributed by atoms with Crippen molar-refractivity contribution in [3.8, 4) is 6.07 Å². The Morgan fingerprint density at radius 3 is 2.86 bits per heavy atom. The van der Waals surface area contributed by atoms with Crippen LogP contribution in [0.15, 0.2) is 36.4 Å². The van der Waals surface area contributed by atoms with Crippen LogP contribution in [0.5, 0.6) is 0 Å². The predicted molar refractivity (Wildman–Crippen MR) is 82.0 cm³/mol. The average Bonchev–Trinajstić information content (AvgIpc) is 2.53. The van der Waals surface area contributed by atoms with Crippen LogP contribution in [0, 0.1) is 11.3 Å². The minimum absolute atomic E-state index is 0.0909. The number of carbonyl (C=O) groups is 1. The first-order valence-electron chi connectivity index (χ1n) is 6.54. The number of nitrogens with zero attached hydrogens (tertiary/aromatic N) is 2. The molecule has 5 nitrogen and oxygen atoms in total. The Labute approximate surface area is 128 Å². The molecule has 0 saturated heterocycles. The van der Waals surface area contributed by atoms with Crippen LogP contribution < -0.4 is 0 Å². The van der Waals surface area contributed by atoms with Gasteiger partial charge in [-0.2, -0.15) is 5.26 Å². The van der Waals surface area contributed by atoms with Gasteiger partial charge in [0.05, 0.1) is 17.9 Å². The maximum Gasteiger partial charge on any atom is 0.354 e. The van der Waals surface area contributed by atoms with E-state index in [1.54, 1.807) is 19.3 Å². The van der Waals surface area contributed by atoms with E-state index in [1.165, 1.54) is 12.1 Å². The molecule has 0 unspecified atom stereocenters. The quantitative estimate of drug-likeness (QED) is 0.916. The number of carboxylic acids is 1. The second-order valence-electron chi connectivity index (χ2n) is 4.56. The summed E-state index contributed by atoms with van der Waals surface area (Å²) in [6, 6.07) is 12.5. The number of hydrogen-bond donors (Lipinski definition) is 1. The topological polar surface area (TPSA) is 83.2 Å². The van der Waals surface area contributed by atoms with Gasteiger partial charge in [-0.1, -0.05) is 24.3 Å². The van der Waals surface area contributed by atoms with Crippen molar-refractivity contribution in [3.63, 3.8) is 0 Å². The number of aromatic nitrogens is 1. The number of benzene rings is 1. The third kappa shape index (κ3) is 3.78. The summed E-state index contributed by atoms with van der Waals surface area (Å²) in [5.41, 5.74) is 2.51. The van der Waals surface area contributed by atoms with Gasteiger partial charge in [-0.05, 0) is 35.4 Å². The number of methoxy groups -OCH3 is 1. The summed E-state index contributed by atoms with van der Waals surface area (Å²) >= 11 is 0. The Bertz CT molecular complexity index is 761. The Kier molecular flexibility index (Phi) is 5.02. The van der Waals surface area contributed by atoms with Crippen molar-refractivity contribution in [2.75, 3.05) is 7.11 Å². The van der Waals surface area contributed by atoms with Gasteiger partial charge in [-0.25, -0.2) is 9.78 Å². The van der Waals surface area contributed by atoms with Crippen molar-refractivity contribution in [1.82, 2.24) is 4.98 Å². The lowest BCUT2D eigenvalue weighted by molar-refractivity contribution is 0.0690. The molecule has 0 aliphatic carbocycles. The number of carboxylic acid groups (broad SMARTS) is 1. The summed E-state index contributed by atoms with van der Waals surface area (Å²) < 4.78 is 5.08. The summed E-state index contributed by atoms with van der Waals surface area (Å²) in [4.78, 5) is 14.9.